The van der Waals surface area contributed by atoms with Crippen molar-refractivity contribution >= 4 is 5.97 Å². The number of ether oxygens (including phenoxy) is 1. The summed E-state index contributed by atoms with van der Waals surface area (Å²) >= 11 is 0. The fourth-order valence-electron chi connectivity index (χ4n) is 2.06. The van der Waals surface area contributed by atoms with Gasteiger partial charge in [-0.2, -0.15) is 0 Å². The molecule has 2 atom stereocenters. The number of hydrogen-bond donors (Lipinski definition) is 0. The minimum absolute atomic E-state index is 0.0454. The minimum atomic E-state index is -0.0454. The largest absolute Gasteiger partial charge is 0.465 e. The molecule has 2 nitrogen and oxygen atoms in total. The monoisotopic (exact) mass is 210 g/mol. The fourth-order valence-corrected chi connectivity index (χ4v) is 2.06. The van der Waals surface area contributed by atoms with Gasteiger partial charge in [-0.15, -0.1) is 0 Å². The van der Waals surface area contributed by atoms with Gasteiger partial charge in [0.05, 0.1) is 6.61 Å². The van der Waals surface area contributed by atoms with Crippen LogP contribution in [0.3, 0.4) is 0 Å². The maximum atomic E-state index is 11.2. The zero-order chi connectivity index (χ0) is 11.3. The van der Waals surface area contributed by atoms with Crippen LogP contribution >= 0.6 is 0 Å². The number of carbonyl (C=O) groups is 1. The van der Waals surface area contributed by atoms with Crippen molar-refractivity contribution in [1.29, 1.82) is 0 Å². The van der Waals surface area contributed by atoms with Crippen LogP contribution in [-0.2, 0) is 9.53 Å². The lowest BCUT2D eigenvalue weighted by Gasteiger charge is -2.26. The van der Waals surface area contributed by atoms with Crippen molar-refractivity contribution in [2.75, 3.05) is 6.61 Å². The Hall–Kier alpha value is -0.790. The van der Waals surface area contributed by atoms with E-state index in [-0.39, 0.29) is 5.97 Å². The molecule has 0 heterocycles. The normalized spacial score (nSPS) is 25.9. The van der Waals surface area contributed by atoms with Gasteiger partial charge in [-0.25, -0.2) is 0 Å². The van der Waals surface area contributed by atoms with Gasteiger partial charge in [-0.05, 0) is 38.0 Å². The zero-order valence-electron chi connectivity index (χ0n) is 10.1. The SMILES string of the molecule is CCCC(=O)OCC1CCC(C)=CC1C. The van der Waals surface area contributed by atoms with E-state index >= 15 is 0 Å². The van der Waals surface area contributed by atoms with Crippen LogP contribution in [0, 0.1) is 11.8 Å². The highest BCUT2D eigenvalue weighted by Gasteiger charge is 2.21. The van der Waals surface area contributed by atoms with Gasteiger partial charge in [0.15, 0.2) is 0 Å². The maximum absolute atomic E-state index is 11.2. The summed E-state index contributed by atoms with van der Waals surface area (Å²) in [7, 11) is 0. The lowest BCUT2D eigenvalue weighted by Crippen LogP contribution is -2.22. The van der Waals surface area contributed by atoms with Crippen LogP contribution in [0.5, 0.6) is 0 Å². The van der Waals surface area contributed by atoms with Gasteiger partial charge in [-0.3, -0.25) is 4.79 Å². The molecular formula is C13H22O2. The molecule has 2 unspecified atom stereocenters. The van der Waals surface area contributed by atoms with Gasteiger partial charge in [0, 0.05) is 6.42 Å². The van der Waals surface area contributed by atoms with Crippen molar-refractivity contribution in [1.82, 2.24) is 0 Å². The third kappa shape index (κ3) is 4.06. The first-order valence-corrected chi connectivity index (χ1v) is 5.96. The van der Waals surface area contributed by atoms with E-state index in [1.54, 1.807) is 0 Å². The molecule has 0 radical (unpaired) electrons. The Labute approximate surface area is 92.7 Å². The smallest absolute Gasteiger partial charge is 0.305 e. The van der Waals surface area contributed by atoms with Gasteiger partial charge in [0.2, 0.25) is 0 Å². The van der Waals surface area contributed by atoms with Gasteiger partial charge >= 0.3 is 5.97 Å². The van der Waals surface area contributed by atoms with E-state index < -0.39 is 0 Å². The summed E-state index contributed by atoms with van der Waals surface area (Å²) < 4.78 is 5.26. The molecule has 0 fully saturated rings. The van der Waals surface area contributed by atoms with E-state index in [9.17, 15) is 4.79 Å². The maximum Gasteiger partial charge on any atom is 0.305 e. The number of carbonyl (C=O) groups excluding carboxylic acids is 1. The Kier molecular flexibility index (Phi) is 4.86. The average Bonchev–Trinajstić information content (AvgIpc) is 2.17. The highest BCUT2D eigenvalue weighted by atomic mass is 16.5. The lowest BCUT2D eigenvalue weighted by molar-refractivity contribution is -0.145. The molecular weight excluding hydrogens is 188 g/mol. The third-order valence-corrected chi connectivity index (χ3v) is 3.11. The van der Waals surface area contributed by atoms with Crippen LogP contribution in [0.25, 0.3) is 0 Å². The van der Waals surface area contributed by atoms with Crippen molar-refractivity contribution in [2.45, 2.75) is 46.5 Å². The summed E-state index contributed by atoms with van der Waals surface area (Å²) in [6, 6.07) is 0. The molecule has 2 heteroatoms. The van der Waals surface area contributed by atoms with Crippen molar-refractivity contribution in [2.24, 2.45) is 11.8 Å². The van der Waals surface area contributed by atoms with E-state index in [1.165, 1.54) is 5.57 Å². The van der Waals surface area contributed by atoms with Crippen molar-refractivity contribution in [3.05, 3.63) is 11.6 Å². The molecule has 1 aliphatic carbocycles. The molecule has 0 saturated heterocycles. The van der Waals surface area contributed by atoms with Gasteiger partial charge in [-0.1, -0.05) is 25.5 Å². The van der Waals surface area contributed by atoms with Gasteiger partial charge in [0.25, 0.3) is 0 Å². The summed E-state index contributed by atoms with van der Waals surface area (Å²) in [5.41, 5.74) is 1.47. The number of hydrogen-bond acceptors (Lipinski definition) is 2. The van der Waals surface area contributed by atoms with E-state index in [2.05, 4.69) is 19.9 Å². The van der Waals surface area contributed by atoms with Crippen LogP contribution in [-0.4, -0.2) is 12.6 Å². The number of esters is 1. The molecule has 0 bridgehead atoms. The predicted octanol–water partition coefficient (Wildman–Crippen LogP) is 3.32. The van der Waals surface area contributed by atoms with E-state index in [4.69, 9.17) is 4.74 Å². The zero-order valence-corrected chi connectivity index (χ0v) is 10.1. The molecule has 0 N–H and O–H groups in total. The van der Waals surface area contributed by atoms with Gasteiger partial charge in [0.1, 0.15) is 0 Å². The van der Waals surface area contributed by atoms with Crippen LogP contribution < -0.4 is 0 Å². The molecule has 0 spiro atoms. The first-order valence-electron chi connectivity index (χ1n) is 5.96. The average molecular weight is 210 g/mol. The highest BCUT2D eigenvalue weighted by molar-refractivity contribution is 5.69. The molecule has 1 rings (SSSR count). The molecule has 86 valence electrons. The van der Waals surface area contributed by atoms with Crippen molar-refractivity contribution in [3.63, 3.8) is 0 Å². The van der Waals surface area contributed by atoms with E-state index in [0.29, 0.717) is 24.9 Å². The van der Waals surface area contributed by atoms with E-state index in [1.807, 2.05) is 6.92 Å². The second kappa shape index (κ2) is 5.94. The Bertz CT molecular complexity index is 243. The first kappa shape index (κ1) is 12.3. The topological polar surface area (TPSA) is 26.3 Å². The standard InChI is InChI=1S/C13H22O2/c1-4-5-13(14)15-9-12-7-6-10(2)8-11(12)3/h8,11-12H,4-7,9H2,1-3H3. The first-order chi connectivity index (χ1) is 7.13. The minimum Gasteiger partial charge on any atom is -0.465 e. The molecule has 1 aliphatic rings. The number of rotatable bonds is 4. The van der Waals surface area contributed by atoms with E-state index in [0.717, 1.165) is 19.3 Å². The molecule has 0 saturated carbocycles. The molecule has 15 heavy (non-hydrogen) atoms. The molecule has 0 amide bonds. The molecule has 0 aromatic rings. The summed E-state index contributed by atoms with van der Waals surface area (Å²) in [5.74, 6) is 1.03. The van der Waals surface area contributed by atoms with Crippen LogP contribution in [0.15, 0.2) is 11.6 Å². The quantitative estimate of drug-likeness (QED) is 0.525. The van der Waals surface area contributed by atoms with Crippen molar-refractivity contribution < 1.29 is 9.53 Å². The molecule has 0 aromatic heterocycles. The Morgan fingerprint density at radius 2 is 2.33 bits per heavy atom. The second-order valence-electron chi connectivity index (χ2n) is 4.60. The molecule has 0 aromatic carbocycles. The predicted molar refractivity (Wildman–Crippen MR) is 61.5 cm³/mol. The summed E-state index contributed by atoms with van der Waals surface area (Å²) in [4.78, 5) is 11.2. The van der Waals surface area contributed by atoms with Crippen LogP contribution in [0.1, 0.15) is 46.5 Å². The summed E-state index contributed by atoms with van der Waals surface area (Å²) in [6.07, 6.45) is 6.04. The second-order valence-corrected chi connectivity index (χ2v) is 4.60. The summed E-state index contributed by atoms with van der Waals surface area (Å²) in [6.45, 7) is 6.98. The lowest BCUT2D eigenvalue weighted by atomic mass is 9.83. The number of allylic oxidation sites excluding steroid dienone is 2. The Morgan fingerprint density at radius 1 is 1.60 bits per heavy atom. The Morgan fingerprint density at radius 3 is 2.93 bits per heavy atom. The third-order valence-electron chi connectivity index (χ3n) is 3.11. The van der Waals surface area contributed by atoms with Crippen molar-refractivity contribution in [3.8, 4) is 0 Å². The van der Waals surface area contributed by atoms with Crippen LogP contribution in [0.4, 0.5) is 0 Å². The summed E-state index contributed by atoms with van der Waals surface area (Å²) in [5, 5.41) is 0. The Balaban J connectivity index is 2.31. The van der Waals surface area contributed by atoms with Crippen LogP contribution in [0.2, 0.25) is 0 Å². The highest BCUT2D eigenvalue weighted by Crippen LogP contribution is 2.28. The molecule has 0 aliphatic heterocycles. The fraction of sp³-hybridized carbons (Fsp3) is 0.769. The van der Waals surface area contributed by atoms with Gasteiger partial charge < -0.3 is 4.74 Å².